The molecule has 1 aromatic rings. The van der Waals surface area contributed by atoms with Crippen LogP contribution < -0.4 is 10.6 Å². The summed E-state index contributed by atoms with van der Waals surface area (Å²) in [6, 6.07) is 6.81. The number of urea groups is 2. The van der Waals surface area contributed by atoms with Crippen LogP contribution in [-0.4, -0.2) is 85.2 Å². The molecule has 2 heterocycles. The van der Waals surface area contributed by atoms with Crippen molar-refractivity contribution >= 4 is 18.0 Å². The molecule has 2 atom stereocenters. The van der Waals surface area contributed by atoms with Crippen LogP contribution in [0.4, 0.5) is 9.59 Å². The Morgan fingerprint density at radius 1 is 1.21 bits per heavy atom. The number of hydrogen-bond donors (Lipinski definition) is 2. The molecule has 2 aliphatic heterocycles. The number of carbonyl (C=O) groups is 3. The maximum absolute atomic E-state index is 13.1. The first-order valence-corrected chi connectivity index (χ1v) is 11.5. The predicted octanol–water partition coefficient (Wildman–Crippen LogP) is 2.24. The standard InChI is InChI=1S/C24H35N5O4/c1-6-25-23(31)29-13-12-28(14-17(29)4)15-19-20(22(30)33-7-2)21(26-24(32)27(19)5)18-11-9-8-10-16(18)3/h8-11,17,21H,6-7,12-15H2,1-5H3,(H,25,31)(H,26,32)/t17-,21-/m0/s1. The van der Waals surface area contributed by atoms with Gasteiger partial charge in [-0.1, -0.05) is 24.3 Å². The molecule has 0 saturated carbocycles. The zero-order chi connectivity index (χ0) is 24.1. The molecule has 33 heavy (non-hydrogen) atoms. The second-order valence-electron chi connectivity index (χ2n) is 8.49. The lowest BCUT2D eigenvalue weighted by Gasteiger charge is -2.42. The van der Waals surface area contributed by atoms with E-state index < -0.39 is 12.0 Å². The summed E-state index contributed by atoms with van der Waals surface area (Å²) in [5.41, 5.74) is 2.93. The summed E-state index contributed by atoms with van der Waals surface area (Å²) in [6.45, 7) is 10.7. The number of rotatable bonds is 6. The minimum Gasteiger partial charge on any atom is -0.463 e. The van der Waals surface area contributed by atoms with E-state index in [1.807, 2.05) is 49.9 Å². The monoisotopic (exact) mass is 457 g/mol. The van der Waals surface area contributed by atoms with Crippen molar-refractivity contribution in [3.63, 3.8) is 0 Å². The normalized spacial score (nSPS) is 21.7. The van der Waals surface area contributed by atoms with Crippen molar-refractivity contribution in [2.45, 2.75) is 39.8 Å². The number of piperazine rings is 1. The van der Waals surface area contributed by atoms with E-state index >= 15 is 0 Å². The molecular formula is C24H35N5O4. The number of carbonyl (C=O) groups excluding carboxylic acids is 3. The average Bonchev–Trinajstić information content (AvgIpc) is 2.77. The highest BCUT2D eigenvalue weighted by molar-refractivity contribution is 5.95. The van der Waals surface area contributed by atoms with Gasteiger partial charge in [0.15, 0.2) is 0 Å². The maximum atomic E-state index is 13.1. The fourth-order valence-corrected chi connectivity index (χ4v) is 4.48. The van der Waals surface area contributed by atoms with E-state index in [0.29, 0.717) is 44.0 Å². The number of nitrogens with one attached hydrogen (secondary N) is 2. The second kappa shape index (κ2) is 10.7. The summed E-state index contributed by atoms with van der Waals surface area (Å²) in [7, 11) is 1.67. The lowest BCUT2D eigenvalue weighted by atomic mass is 9.91. The summed E-state index contributed by atoms with van der Waals surface area (Å²) < 4.78 is 5.42. The van der Waals surface area contributed by atoms with E-state index in [-0.39, 0.29) is 24.7 Å². The maximum Gasteiger partial charge on any atom is 0.338 e. The molecule has 2 N–H and O–H groups in total. The summed E-state index contributed by atoms with van der Waals surface area (Å²) in [6.07, 6.45) is 0. The average molecular weight is 458 g/mol. The number of benzene rings is 1. The van der Waals surface area contributed by atoms with Gasteiger partial charge in [0.25, 0.3) is 0 Å². The zero-order valence-corrected chi connectivity index (χ0v) is 20.2. The first kappa shape index (κ1) is 24.6. The SMILES string of the molecule is CCNC(=O)N1CCN(CC2=C(C(=O)OCC)[C@H](c3ccccc3C)NC(=O)N2C)C[C@@H]1C. The van der Waals surface area contributed by atoms with Gasteiger partial charge in [-0.05, 0) is 38.8 Å². The highest BCUT2D eigenvalue weighted by Gasteiger charge is 2.38. The van der Waals surface area contributed by atoms with Crippen LogP contribution in [0.25, 0.3) is 0 Å². The molecule has 0 unspecified atom stereocenters. The van der Waals surface area contributed by atoms with Crippen molar-refractivity contribution in [1.82, 2.24) is 25.3 Å². The Kier molecular flexibility index (Phi) is 7.97. The van der Waals surface area contributed by atoms with Gasteiger partial charge >= 0.3 is 18.0 Å². The molecular weight excluding hydrogens is 422 g/mol. The Hall–Kier alpha value is -3.07. The van der Waals surface area contributed by atoms with E-state index in [2.05, 4.69) is 15.5 Å². The van der Waals surface area contributed by atoms with Gasteiger partial charge in [-0.15, -0.1) is 0 Å². The number of hydrogen-bond acceptors (Lipinski definition) is 5. The molecule has 180 valence electrons. The molecule has 1 saturated heterocycles. The predicted molar refractivity (Wildman–Crippen MR) is 126 cm³/mol. The van der Waals surface area contributed by atoms with Gasteiger partial charge in [-0.2, -0.15) is 0 Å². The van der Waals surface area contributed by atoms with Gasteiger partial charge in [-0.3, -0.25) is 9.80 Å². The molecule has 4 amide bonds. The molecule has 0 aliphatic carbocycles. The van der Waals surface area contributed by atoms with E-state index in [4.69, 9.17) is 4.74 Å². The van der Waals surface area contributed by atoms with Crippen LogP contribution in [0.5, 0.6) is 0 Å². The number of likely N-dealkylation sites (N-methyl/N-ethyl adjacent to an activating group) is 1. The molecule has 0 aromatic heterocycles. The zero-order valence-electron chi connectivity index (χ0n) is 20.2. The van der Waals surface area contributed by atoms with Crippen molar-refractivity contribution in [3.05, 3.63) is 46.7 Å². The summed E-state index contributed by atoms with van der Waals surface area (Å²) in [5.74, 6) is -0.429. The van der Waals surface area contributed by atoms with E-state index in [1.165, 1.54) is 4.90 Å². The van der Waals surface area contributed by atoms with Gasteiger partial charge < -0.3 is 20.3 Å². The summed E-state index contributed by atoms with van der Waals surface area (Å²) in [4.78, 5) is 43.8. The Bertz CT molecular complexity index is 931. The molecule has 9 nitrogen and oxygen atoms in total. The van der Waals surface area contributed by atoms with Gasteiger partial charge in [0.05, 0.1) is 18.2 Å². The van der Waals surface area contributed by atoms with E-state index in [1.54, 1.807) is 14.0 Å². The van der Waals surface area contributed by atoms with Crippen LogP contribution in [0.1, 0.15) is 37.9 Å². The van der Waals surface area contributed by atoms with Crippen molar-refractivity contribution in [2.75, 3.05) is 46.4 Å². The largest absolute Gasteiger partial charge is 0.463 e. The first-order chi connectivity index (χ1) is 15.8. The second-order valence-corrected chi connectivity index (χ2v) is 8.49. The van der Waals surface area contributed by atoms with Crippen molar-refractivity contribution < 1.29 is 19.1 Å². The van der Waals surface area contributed by atoms with Crippen LogP contribution >= 0.6 is 0 Å². The Balaban J connectivity index is 1.94. The van der Waals surface area contributed by atoms with Crippen LogP contribution in [0.2, 0.25) is 0 Å². The highest BCUT2D eigenvalue weighted by atomic mass is 16.5. The third kappa shape index (κ3) is 5.30. The number of esters is 1. The Morgan fingerprint density at radius 3 is 2.58 bits per heavy atom. The molecule has 2 aliphatic rings. The molecule has 1 aromatic carbocycles. The first-order valence-electron chi connectivity index (χ1n) is 11.5. The fourth-order valence-electron chi connectivity index (χ4n) is 4.48. The molecule has 0 radical (unpaired) electrons. The minimum atomic E-state index is -0.585. The van der Waals surface area contributed by atoms with Crippen molar-refractivity contribution in [1.29, 1.82) is 0 Å². The lowest BCUT2D eigenvalue weighted by Crippen LogP contribution is -2.57. The third-order valence-corrected chi connectivity index (χ3v) is 6.25. The Morgan fingerprint density at radius 2 is 1.94 bits per heavy atom. The number of aryl methyl sites for hydroxylation is 1. The van der Waals surface area contributed by atoms with Crippen molar-refractivity contribution in [3.8, 4) is 0 Å². The number of nitrogens with zero attached hydrogens (tertiary/aromatic N) is 3. The quantitative estimate of drug-likeness (QED) is 0.639. The number of amides is 4. The van der Waals surface area contributed by atoms with Gasteiger partial charge in [0.1, 0.15) is 0 Å². The summed E-state index contributed by atoms with van der Waals surface area (Å²) >= 11 is 0. The van der Waals surface area contributed by atoms with Crippen LogP contribution in [0, 0.1) is 6.92 Å². The number of ether oxygens (including phenoxy) is 1. The van der Waals surface area contributed by atoms with Crippen molar-refractivity contribution in [2.24, 2.45) is 0 Å². The van der Waals surface area contributed by atoms with E-state index in [9.17, 15) is 14.4 Å². The van der Waals surface area contributed by atoms with Crippen LogP contribution in [0.15, 0.2) is 35.5 Å². The van der Waals surface area contributed by atoms with Gasteiger partial charge in [0, 0.05) is 51.5 Å². The molecule has 0 spiro atoms. The Labute approximate surface area is 195 Å². The summed E-state index contributed by atoms with van der Waals surface area (Å²) in [5, 5.41) is 5.83. The van der Waals surface area contributed by atoms with Crippen LogP contribution in [-0.2, 0) is 9.53 Å². The smallest absolute Gasteiger partial charge is 0.338 e. The lowest BCUT2D eigenvalue weighted by molar-refractivity contribution is -0.139. The highest BCUT2D eigenvalue weighted by Crippen LogP contribution is 2.33. The fraction of sp³-hybridized carbons (Fsp3) is 0.542. The molecule has 3 rings (SSSR count). The molecule has 0 bridgehead atoms. The molecule has 9 heteroatoms. The van der Waals surface area contributed by atoms with E-state index in [0.717, 1.165) is 11.1 Å². The van der Waals surface area contributed by atoms with Gasteiger partial charge in [-0.25, -0.2) is 14.4 Å². The third-order valence-electron chi connectivity index (χ3n) is 6.25. The minimum absolute atomic E-state index is 0.00633. The van der Waals surface area contributed by atoms with Crippen LogP contribution in [0.3, 0.4) is 0 Å². The molecule has 1 fully saturated rings. The van der Waals surface area contributed by atoms with Gasteiger partial charge in [0.2, 0.25) is 0 Å². The topological polar surface area (TPSA) is 94.2 Å².